The zero-order valence-corrected chi connectivity index (χ0v) is 15.3. The first-order valence-corrected chi connectivity index (χ1v) is 8.36. The maximum Gasteiger partial charge on any atom is 0.338 e. The summed E-state index contributed by atoms with van der Waals surface area (Å²) in [6, 6.07) is 6.56. The van der Waals surface area contributed by atoms with Gasteiger partial charge in [0.25, 0.3) is 5.56 Å². The molecule has 0 saturated heterocycles. The minimum atomic E-state index is -0.472. The highest BCUT2D eigenvalue weighted by atomic mass is 16.5. The van der Waals surface area contributed by atoms with Crippen molar-refractivity contribution in [3.8, 4) is 5.75 Å². The normalized spacial score (nSPS) is 10.9. The Balaban J connectivity index is 1.67. The molecule has 27 heavy (non-hydrogen) atoms. The predicted molar refractivity (Wildman–Crippen MR) is 98.1 cm³/mol. The topological polar surface area (TPSA) is 97.3 Å². The van der Waals surface area contributed by atoms with Crippen LogP contribution in [-0.2, 0) is 25.4 Å². The van der Waals surface area contributed by atoms with E-state index in [0.29, 0.717) is 28.9 Å². The smallest absolute Gasteiger partial charge is 0.338 e. The molecule has 0 N–H and O–H groups in total. The fourth-order valence-electron chi connectivity index (χ4n) is 2.79. The summed E-state index contributed by atoms with van der Waals surface area (Å²) in [6.45, 7) is 0.229. The number of nitrogens with zero attached hydrogens (tertiary/aromatic N) is 4. The average Bonchev–Trinajstić information content (AvgIpc) is 3.07. The fourth-order valence-corrected chi connectivity index (χ4v) is 2.79. The number of benzene rings is 1. The maximum atomic E-state index is 12.6. The molecule has 2 aromatic heterocycles. The molecule has 2 heterocycles. The Morgan fingerprint density at radius 1 is 1.15 bits per heavy atom. The number of ether oxygens (including phenoxy) is 2. The molecular formula is C18H20N4O5. The molecule has 0 radical (unpaired) electrons. The number of hydrogen-bond acceptors (Lipinski definition) is 6. The van der Waals surface area contributed by atoms with E-state index in [4.69, 9.17) is 9.47 Å². The van der Waals surface area contributed by atoms with Crippen LogP contribution in [0.5, 0.6) is 5.75 Å². The number of carbonyl (C=O) groups excluding carboxylic acids is 1. The van der Waals surface area contributed by atoms with Gasteiger partial charge in [0.15, 0.2) is 11.2 Å². The lowest BCUT2D eigenvalue weighted by molar-refractivity contribution is 0.0495. The molecule has 0 aliphatic heterocycles. The van der Waals surface area contributed by atoms with Gasteiger partial charge in [0, 0.05) is 20.6 Å². The number of aryl methyl sites for hydroxylation is 2. The Bertz CT molecular complexity index is 1090. The Hall–Kier alpha value is -3.36. The van der Waals surface area contributed by atoms with Crippen LogP contribution in [0.1, 0.15) is 16.8 Å². The summed E-state index contributed by atoms with van der Waals surface area (Å²) in [5.41, 5.74) is 0.240. The first-order chi connectivity index (χ1) is 12.9. The molecule has 3 aromatic rings. The van der Waals surface area contributed by atoms with Crippen molar-refractivity contribution < 1.29 is 14.3 Å². The number of hydrogen-bond donors (Lipinski definition) is 0. The van der Waals surface area contributed by atoms with Crippen molar-refractivity contribution >= 4 is 17.1 Å². The van der Waals surface area contributed by atoms with E-state index in [1.807, 2.05) is 0 Å². The number of carbonyl (C=O) groups is 1. The second-order valence-electron chi connectivity index (χ2n) is 6.04. The highest BCUT2D eigenvalue weighted by Gasteiger charge is 2.15. The van der Waals surface area contributed by atoms with Gasteiger partial charge in [0.2, 0.25) is 0 Å². The minimum absolute atomic E-state index is 0.0872. The zero-order chi connectivity index (χ0) is 19.6. The molecule has 0 fully saturated rings. The third-order valence-corrected chi connectivity index (χ3v) is 4.29. The molecule has 9 heteroatoms. The van der Waals surface area contributed by atoms with Crippen molar-refractivity contribution in [2.75, 3.05) is 13.7 Å². The van der Waals surface area contributed by atoms with Crippen molar-refractivity contribution in [3.63, 3.8) is 0 Å². The Morgan fingerprint density at radius 2 is 1.85 bits per heavy atom. The van der Waals surface area contributed by atoms with Gasteiger partial charge in [-0.15, -0.1) is 0 Å². The van der Waals surface area contributed by atoms with E-state index >= 15 is 0 Å². The van der Waals surface area contributed by atoms with Gasteiger partial charge >= 0.3 is 11.7 Å². The first-order valence-electron chi connectivity index (χ1n) is 8.36. The number of fused-ring (bicyclic) bond motifs is 1. The van der Waals surface area contributed by atoms with Gasteiger partial charge in [-0.05, 0) is 30.7 Å². The summed E-state index contributed by atoms with van der Waals surface area (Å²) in [5.74, 6) is 0.173. The lowest BCUT2D eigenvalue weighted by Crippen LogP contribution is -2.39. The second-order valence-corrected chi connectivity index (χ2v) is 6.04. The fraction of sp³-hybridized carbons (Fsp3) is 0.333. The Kier molecular flexibility index (Phi) is 5.11. The number of rotatable bonds is 6. The molecule has 9 nitrogen and oxygen atoms in total. The molecule has 1 aromatic carbocycles. The summed E-state index contributed by atoms with van der Waals surface area (Å²) in [4.78, 5) is 41.0. The van der Waals surface area contributed by atoms with Crippen molar-refractivity contribution in [1.82, 2.24) is 18.7 Å². The van der Waals surface area contributed by atoms with Crippen molar-refractivity contribution in [1.29, 1.82) is 0 Å². The first kappa shape index (κ1) is 18.4. The molecule has 0 spiro atoms. The van der Waals surface area contributed by atoms with Crippen LogP contribution in [0.15, 0.2) is 40.2 Å². The molecule has 0 atom stereocenters. The third-order valence-electron chi connectivity index (χ3n) is 4.29. The van der Waals surface area contributed by atoms with Gasteiger partial charge in [-0.3, -0.25) is 13.9 Å². The summed E-state index contributed by atoms with van der Waals surface area (Å²) < 4.78 is 14.3. The lowest BCUT2D eigenvalue weighted by atomic mass is 10.2. The Morgan fingerprint density at radius 3 is 2.52 bits per heavy atom. The van der Waals surface area contributed by atoms with Crippen molar-refractivity contribution in [3.05, 3.63) is 57.0 Å². The van der Waals surface area contributed by atoms with E-state index in [0.717, 1.165) is 4.57 Å². The van der Waals surface area contributed by atoms with Crippen LogP contribution in [0.3, 0.4) is 0 Å². The van der Waals surface area contributed by atoms with Gasteiger partial charge in [-0.1, -0.05) is 0 Å². The Labute approximate surface area is 154 Å². The second kappa shape index (κ2) is 7.48. The number of imidazole rings is 1. The van der Waals surface area contributed by atoms with Crippen molar-refractivity contribution in [2.45, 2.75) is 13.0 Å². The van der Waals surface area contributed by atoms with Crippen LogP contribution in [0.25, 0.3) is 11.2 Å². The van der Waals surface area contributed by atoms with Gasteiger partial charge in [-0.2, -0.15) is 0 Å². The summed E-state index contributed by atoms with van der Waals surface area (Å²) in [5, 5.41) is 0. The van der Waals surface area contributed by atoms with Crippen LogP contribution >= 0.6 is 0 Å². The summed E-state index contributed by atoms with van der Waals surface area (Å²) in [6.07, 6.45) is 1.83. The highest BCUT2D eigenvalue weighted by molar-refractivity contribution is 5.89. The van der Waals surface area contributed by atoms with E-state index in [-0.39, 0.29) is 13.2 Å². The quantitative estimate of drug-likeness (QED) is 0.466. The predicted octanol–water partition coefficient (Wildman–Crippen LogP) is 0.689. The van der Waals surface area contributed by atoms with E-state index in [9.17, 15) is 14.4 Å². The van der Waals surface area contributed by atoms with Crippen LogP contribution < -0.4 is 16.0 Å². The minimum Gasteiger partial charge on any atom is -0.497 e. The molecule has 0 bridgehead atoms. The third kappa shape index (κ3) is 3.48. The summed E-state index contributed by atoms with van der Waals surface area (Å²) >= 11 is 0. The molecule has 0 aliphatic carbocycles. The monoisotopic (exact) mass is 372 g/mol. The largest absolute Gasteiger partial charge is 0.497 e. The van der Waals surface area contributed by atoms with Crippen LogP contribution in [0.2, 0.25) is 0 Å². The van der Waals surface area contributed by atoms with E-state index in [2.05, 4.69) is 4.98 Å². The van der Waals surface area contributed by atoms with Crippen LogP contribution in [-0.4, -0.2) is 38.4 Å². The van der Waals surface area contributed by atoms with Crippen LogP contribution in [0, 0.1) is 0 Å². The molecule has 142 valence electrons. The zero-order valence-electron chi connectivity index (χ0n) is 15.3. The summed E-state index contributed by atoms with van der Waals surface area (Å²) in [7, 11) is 4.81. The molecule has 0 saturated carbocycles. The van der Waals surface area contributed by atoms with E-state index in [1.165, 1.54) is 10.9 Å². The van der Waals surface area contributed by atoms with Crippen molar-refractivity contribution in [2.24, 2.45) is 14.1 Å². The molecule has 3 rings (SSSR count). The SMILES string of the molecule is COc1ccc(C(=O)OCCCn2c(=O)c3c(ncn3C)n(C)c2=O)cc1. The molecular weight excluding hydrogens is 352 g/mol. The van der Waals surface area contributed by atoms with Gasteiger partial charge in [-0.25, -0.2) is 14.6 Å². The van der Waals surface area contributed by atoms with E-state index < -0.39 is 17.2 Å². The highest BCUT2D eigenvalue weighted by Crippen LogP contribution is 2.12. The van der Waals surface area contributed by atoms with Gasteiger partial charge in [0.05, 0.1) is 25.6 Å². The number of esters is 1. The molecule has 0 aliphatic rings. The molecule has 0 unspecified atom stereocenters. The standard InChI is InChI=1S/C18H20N4O5/c1-20-11-19-15-14(20)16(23)22(18(25)21(15)2)9-4-10-27-17(24)12-5-7-13(26-3)8-6-12/h5-8,11H,4,9-10H2,1-3H3. The number of aromatic nitrogens is 4. The van der Waals surface area contributed by atoms with E-state index in [1.54, 1.807) is 50.0 Å². The van der Waals surface area contributed by atoms with Gasteiger partial charge in [0.1, 0.15) is 5.75 Å². The lowest BCUT2D eigenvalue weighted by Gasteiger charge is -2.09. The van der Waals surface area contributed by atoms with Gasteiger partial charge < -0.3 is 14.0 Å². The maximum absolute atomic E-state index is 12.6. The molecule has 0 amide bonds. The average molecular weight is 372 g/mol. The van der Waals surface area contributed by atoms with Crippen LogP contribution in [0.4, 0.5) is 0 Å². The number of methoxy groups -OCH3 is 1.